The maximum Gasteiger partial charge on any atom is 0.305 e. The summed E-state index contributed by atoms with van der Waals surface area (Å²) in [5, 5.41) is 11.7. The first kappa shape index (κ1) is 15.9. The smallest absolute Gasteiger partial charge is 0.305 e. The molecule has 100 valence electrons. The van der Waals surface area contributed by atoms with Gasteiger partial charge in [-0.1, -0.05) is 27.7 Å². The molecular formula is C13H25NO3. The highest BCUT2D eigenvalue weighted by atomic mass is 16.4. The zero-order valence-electron chi connectivity index (χ0n) is 11.5. The van der Waals surface area contributed by atoms with Gasteiger partial charge in [-0.2, -0.15) is 0 Å². The van der Waals surface area contributed by atoms with Crippen molar-refractivity contribution >= 4 is 11.9 Å². The summed E-state index contributed by atoms with van der Waals surface area (Å²) in [5.41, 5.74) is -0.667. The van der Waals surface area contributed by atoms with Crippen LogP contribution in [0, 0.1) is 11.8 Å². The lowest BCUT2D eigenvalue weighted by atomic mass is 9.85. The van der Waals surface area contributed by atoms with E-state index in [0.29, 0.717) is 12.3 Å². The van der Waals surface area contributed by atoms with Crippen LogP contribution in [0.5, 0.6) is 0 Å². The van der Waals surface area contributed by atoms with Crippen LogP contribution in [0.2, 0.25) is 0 Å². The van der Waals surface area contributed by atoms with Gasteiger partial charge >= 0.3 is 5.97 Å². The Labute approximate surface area is 104 Å². The highest BCUT2D eigenvalue weighted by molar-refractivity contribution is 5.78. The molecule has 0 spiro atoms. The topological polar surface area (TPSA) is 66.4 Å². The molecule has 0 aromatic heterocycles. The van der Waals surface area contributed by atoms with Crippen molar-refractivity contribution < 1.29 is 14.7 Å². The minimum absolute atomic E-state index is 0.0436. The normalized spacial score (nSPS) is 14.8. The molecule has 0 heterocycles. The quantitative estimate of drug-likeness (QED) is 0.721. The van der Waals surface area contributed by atoms with Crippen LogP contribution in [-0.4, -0.2) is 22.5 Å². The van der Waals surface area contributed by atoms with Crippen molar-refractivity contribution in [2.75, 3.05) is 0 Å². The molecule has 1 unspecified atom stereocenters. The summed E-state index contributed by atoms with van der Waals surface area (Å²) in [7, 11) is 0. The first-order chi connectivity index (χ1) is 7.67. The van der Waals surface area contributed by atoms with Gasteiger partial charge < -0.3 is 10.4 Å². The second-order valence-electron chi connectivity index (χ2n) is 5.62. The zero-order chi connectivity index (χ0) is 13.6. The number of carbonyl (C=O) groups excluding carboxylic acids is 1. The van der Waals surface area contributed by atoms with Crippen LogP contribution in [0.15, 0.2) is 0 Å². The molecule has 2 N–H and O–H groups in total. The standard InChI is InChI=1S/C13H25NO3/c1-9(2)6-7-11(15)14-13(5,10(3)4)8-12(16)17/h9-10H,6-8H2,1-5H3,(H,14,15)(H,16,17). The van der Waals surface area contributed by atoms with Gasteiger partial charge in [0.25, 0.3) is 0 Å². The lowest BCUT2D eigenvalue weighted by Crippen LogP contribution is -2.51. The minimum atomic E-state index is -0.884. The van der Waals surface area contributed by atoms with E-state index in [4.69, 9.17) is 5.11 Å². The number of aliphatic carboxylic acids is 1. The molecule has 17 heavy (non-hydrogen) atoms. The van der Waals surface area contributed by atoms with Crippen molar-refractivity contribution in [3.05, 3.63) is 0 Å². The fourth-order valence-corrected chi connectivity index (χ4v) is 1.51. The Bertz CT molecular complexity index is 274. The van der Waals surface area contributed by atoms with Crippen LogP contribution in [0.3, 0.4) is 0 Å². The van der Waals surface area contributed by atoms with Gasteiger partial charge in [0.15, 0.2) is 0 Å². The first-order valence-electron chi connectivity index (χ1n) is 6.20. The van der Waals surface area contributed by atoms with Crippen LogP contribution in [-0.2, 0) is 9.59 Å². The van der Waals surface area contributed by atoms with E-state index in [0.717, 1.165) is 6.42 Å². The number of hydrogen-bond donors (Lipinski definition) is 2. The van der Waals surface area contributed by atoms with Gasteiger partial charge in [-0.05, 0) is 25.2 Å². The third-order valence-electron chi connectivity index (χ3n) is 3.17. The molecule has 0 saturated carbocycles. The Hall–Kier alpha value is -1.06. The molecule has 0 fully saturated rings. The number of hydrogen-bond acceptors (Lipinski definition) is 2. The van der Waals surface area contributed by atoms with Gasteiger partial charge in [-0.15, -0.1) is 0 Å². The minimum Gasteiger partial charge on any atom is -0.481 e. The van der Waals surface area contributed by atoms with Crippen molar-refractivity contribution in [2.24, 2.45) is 11.8 Å². The third kappa shape index (κ3) is 6.29. The number of carboxylic acid groups (broad SMARTS) is 1. The highest BCUT2D eigenvalue weighted by Gasteiger charge is 2.32. The predicted molar refractivity (Wildman–Crippen MR) is 67.7 cm³/mol. The number of nitrogens with one attached hydrogen (secondary N) is 1. The maximum atomic E-state index is 11.7. The summed E-state index contributed by atoms with van der Waals surface area (Å²) in [4.78, 5) is 22.6. The fraction of sp³-hybridized carbons (Fsp3) is 0.846. The van der Waals surface area contributed by atoms with Crippen LogP contribution in [0.4, 0.5) is 0 Å². The summed E-state index contributed by atoms with van der Waals surface area (Å²) in [6.07, 6.45) is 1.24. The van der Waals surface area contributed by atoms with Crippen molar-refractivity contribution in [3.8, 4) is 0 Å². The summed E-state index contributed by atoms with van der Waals surface area (Å²) in [6, 6.07) is 0. The largest absolute Gasteiger partial charge is 0.481 e. The van der Waals surface area contributed by atoms with E-state index in [-0.39, 0.29) is 18.2 Å². The molecule has 0 aromatic rings. The van der Waals surface area contributed by atoms with Crippen molar-refractivity contribution in [1.29, 1.82) is 0 Å². The Morgan fingerprint density at radius 2 is 1.76 bits per heavy atom. The van der Waals surface area contributed by atoms with Gasteiger partial charge in [0.05, 0.1) is 6.42 Å². The molecule has 0 aromatic carbocycles. The Morgan fingerprint density at radius 3 is 2.12 bits per heavy atom. The maximum absolute atomic E-state index is 11.7. The number of carbonyl (C=O) groups is 2. The fourth-order valence-electron chi connectivity index (χ4n) is 1.51. The monoisotopic (exact) mass is 243 g/mol. The van der Waals surface area contributed by atoms with Crippen LogP contribution in [0.1, 0.15) is 53.9 Å². The van der Waals surface area contributed by atoms with E-state index < -0.39 is 11.5 Å². The predicted octanol–water partition coefficient (Wildman–Crippen LogP) is 2.43. The van der Waals surface area contributed by atoms with Crippen LogP contribution < -0.4 is 5.32 Å². The van der Waals surface area contributed by atoms with Crippen molar-refractivity contribution in [3.63, 3.8) is 0 Å². The molecule has 4 nitrogen and oxygen atoms in total. The Balaban J connectivity index is 4.44. The molecule has 0 aliphatic carbocycles. The molecule has 0 bridgehead atoms. The lowest BCUT2D eigenvalue weighted by Gasteiger charge is -2.33. The molecule has 0 saturated heterocycles. The molecule has 0 aliphatic rings. The second-order valence-corrected chi connectivity index (χ2v) is 5.62. The lowest BCUT2D eigenvalue weighted by molar-refractivity contribution is -0.139. The summed E-state index contributed by atoms with van der Waals surface area (Å²) >= 11 is 0. The summed E-state index contributed by atoms with van der Waals surface area (Å²) < 4.78 is 0. The zero-order valence-corrected chi connectivity index (χ0v) is 11.5. The molecule has 0 rings (SSSR count). The average Bonchev–Trinajstić information content (AvgIpc) is 2.12. The van der Waals surface area contributed by atoms with E-state index in [9.17, 15) is 9.59 Å². The van der Waals surface area contributed by atoms with Crippen molar-refractivity contribution in [2.45, 2.75) is 59.4 Å². The molecule has 0 radical (unpaired) electrons. The molecule has 1 atom stereocenters. The SMILES string of the molecule is CC(C)CCC(=O)NC(C)(CC(=O)O)C(C)C. The average molecular weight is 243 g/mol. The van der Waals surface area contributed by atoms with Gasteiger partial charge in [0.2, 0.25) is 5.91 Å². The summed E-state index contributed by atoms with van der Waals surface area (Å²) in [5.74, 6) is -0.381. The van der Waals surface area contributed by atoms with Crippen LogP contribution in [0.25, 0.3) is 0 Å². The Kier molecular flexibility index (Phi) is 6.21. The number of rotatable bonds is 7. The van der Waals surface area contributed by atoms with E-state index in [1.165, 1.54) is 0 Å². The first-order valence-corrected chi connectivity index (χ1v) is 6.20. The van der Waals surface area contributed by atoms with E-state index >= 15 is 0 Å². The van der Waals surface area contributed by atoms with E-state index in [2.05, 4.69) is 19.2 Å². The molecule has 1 amide bonds. The van der Waals surface area contributed by atoms with Gasteiger partial charge in [0, 0.05) is 12.0 Å². The van der Waals surface area contributed by atoms with Gasteiger partial charge in [-0.25, -0.2) is 0 Å². The molecule has 0 aliphatic heterocycles. The van der Waals surface area contributed by atoms with Gasteiger partial charge in [-0.3, -0.25) is 9.59 Å². The van der Waals surface area contributed by atoms with Gasteiger partial charge in [0.1, 0.15) is 0 Å². The highest BCUT2D eigenvalue weighted by Crippen LogP contribution is 2.21. The van der Waals surface area contributed by atoms with Crippen LogP contribution >= 0.6 is 0 Å². The molecule has 4 heteroatoms. The number of amides is 1. The number of carboxylic acids is 1. The van der Waals surface area contributed by atoms with E-state index in [1.807, 2.05) is 13.8 Å². The third-order valence-corrected chi connectivity index (χ3v) is 3.17. The molecular weight excluding hydrogens is 218 g/mol. The Morgan fingerprint density at radius 1 is 1.24 bits per heavy atom. The summed E-state index contributed by atoms with van der Waals surface area (Å²) in [6.45, 7) is 9.76. The van der Waals surface area contributed by atoms with E-state index in [1.54, 1.807) is 6.92 Å². The van der Waals surface area contributed by atoms with Crippen molar-refractivity contribution in [1.82, 2.24) is 5.32 Å². The second kappa shape index (κ2) is 6.62.